The van der Waals surface area contributed by atoms with Gasteiger partial charge in [0.2, 0.25) is 0 Å². The van der Waals surface area contributed by atoms with Gasteiger partial charge in [-0.2, -0.15) is 11.8 Å². The van der Waals surface area contributed by atoms with Crippen molar-refractivity contribution in [3.05, 3.63) is 29.8 Å². The van der Waals surface area contributed by atoms with Crippen LogP contribution in [0.15, 0.2) is 24.3 Å². The fourth-order valence-electron chi connectivity index (χ4n) is 2.03. The van der Waals surface area contributed by atoms with Gasteiger partial charge in [0.05, 0.1) is 7.11 Å². The minimum atomic E-state index is 0.322. The summed E-state index contributed by atoms with van der Waals surface area (Å²) in [6.07, 6.45) is 1.21. The second-order valence-electron chi connectivity index (χ2n) is 4.52. The van der Waals surface area contributed by atoms with Gasteiger partial charge < -0.3 is 10.1 Å². The third-order valence-electron chi connectivity index (χ3n) is 3.04. The summed E-state index contributed by atoms with van der Waals surface area (Å²) in [7, 11) is 1.73. The highest BCUT2D eigenvalue weighted by atomic mass is 32.2. The maximum absolute atomic E-state index is 5.40. The highest BCUT2D eigenvalue weighted by Gasteiger charge is 2.12. The first-order chi connectivity index (χ1) is 8.69. The Labute approximate surface area is 116 Å². The summed E-state index contributed by atoms with van der Waals surface area (Å²) in [5.74, 6) is 3.39. The Balaban J connectivity index is 2.51. The molecular formula is C15H25NOS. The Morgan fingerprint density at radius 2 is 2.00 bits per heavy atom. The van der Waals surface area contributed by atoms with Crippen molar-refractivity contribution in [3.63, 3.8) is 0 Å². The normalized spacial score (nSPS) is 14.2. The smallest absolute Gasteiger partial charge is 0.123 e. The van der Waals surface area contributed by atoms with Crippen molar-refractivity contribution >= 4 is 11.8 Å². The van der Waals surface area contributed by atoms with Crippen LogP contribution in [-0.2, 0) is 0 Å². The van der Waals surface area contributed by atoms with Gasteiger partial charge in [0.15, 0.2) is 0 Å². The summed E-state index contributed by atoms with van der Waals surface area (Å²) in [6, 6.07) is 9.07. The van der Waals surface area contributed by atoms with E-state index < -0.39 is 0 Å². The zero-order valence-corrected chi connectivity index (χ0v) is 12.7. The van der Waals surface area contributed by atoms with Crippen molar-refractivity contribution in [3.8, 4) is 5.75 Å². The van der Waals surface area contributed by atoms with Crippen LogP contribution in [0.2, 0.25) is 0 Å². The predicted molar refractivity (Wildman–Crippen MR) is 81.6 cm³/mol. The molecule has 0 saturated heterocycles. The molecule has 0 spiro atoms. The Morgan fingerprint density at radius 1 is 1.28 bits per heavy atom. The first-order valence-electron chi connectivity index (χ1n) is 6.65. The quantitative estimate of drug-likeness (QED) is 0.722. The molecule has 0 saturated carbocycles. The highest BCUT2D eigenvalue weighted by Crippen LogP contribution is 2.24. The lowest BCUT2D eigenvalue weighted by atomic mass is 10.1. The molecule has 2 nitrogen and oxygen atoms in total. The van der Waals surface area contributed by atoms with E-state index in [1.807, 2.05) is 23.9 Å². The molecule has 1 aromatic carbocycles. The van der Waals surface area contributed by atoms with Crippen molar-refractivity contribution in [2.45, 2.75) is 39.3 Å². The predicted octanol–water partition coefficient (Wildman–Crippen LogP) is 3.88. The summed E-state index contributed by atoms with van der Waals surface area (Å²) in [4.78, 5) is 0. The van der Waals surface area contributed by atoms with E-state index in [0.717, 1.165) is 5.75 Å². The lowest BCUT2D eigenvalue weighted by Gasteiger charge is -2.21. The van der Waals surface area contributed by atoms with Crippen molar-refractivity contribution < 1.29 is 4.74 Å². The van der Waals surface area contributed by atoms with Gasteiger partial charge in [-0.25, -0.2) is 0 Å². The van der Waals surface area contributed by atoms with Crippen LogP contribution in [0.1, 0.15) is 38.8 Å². The number of rotatable bonds is 8. The van der Waals surface area contributed by atoms with Gasteiger partial charge in [-0.05, 0) is 37.8 Å². The lowest BCUT2D eigenvalue weighted by Crippen LogP contribution is -2.29. The van der Waals surface area contributed by atoms with Crippen LogP contribution in [-0.4, -0.2) is 24.7 Å². The monoisotopic (exact) mass is 267 g/mol. The van der Waals surface area contributed by atoms with Crippen molar-refractivity contribution in [2.24, 2.45) is 0 Å². The molecule has 3 heteroatoms. The van der Waals surface area contributed by atoms with Gasteiger partial charge in [0.1, 0.15) is 5.75 Å². The van der Waals surface area contributed by atoms with Crippen LogP contribution in [0, 0.1) is 0 Å². The number of ether oxygens (including phenoxy) is 1. The van der Waals surface area contributed by atoms with Crippen LogP contribution in [0.4, 0.5) is 0 Å². The van der Waals surface area contributed by atoms with Crippen molar-refractivity contribution in [2.75, 3.05) is 18.6 Å². The number of benzene rings is 1. The van der Waals surface area contributed by atoms with Crippen LogP contribution >= 0.6 is 11.8 Å². The summed E-state index contributed by atoms with van der Waals surface area (Å²) < 4.78 is 5.40. The fraction of sp³-hybridized carbons (Fsp3) is 0.600. The number of hydrogen-bond donors (Lipinski definition) is 1. The summed E-state index contributed by atoms with van der Waals surface area (Å²) in [5, 5.41) is 3.64. The summed E-state index contributed by atoms with van der Waals surface area (Å²) in [5.41, 5.74) is 1.23. The number of methoxy groups -OCH3 is 1. The maximum Gasteiger partial charge on any atom is 0.123 e. The van der Waals surface area contributed by atoms with Crippen LogP contribution in [0.25, 0.3) is 0 Å². The van der Waals surface area contributed by atoms with E-state index >= 15 is 0 Å². The first-order valence-corrected chi connectivity index (χ1v) is 7.81. The van der Waals surface area contributed by atoms with E-state index in [0.29, 0.717) is 12.1 Å². The molecule has 0 aliphatic heterocycles. The molecule has 0 bridgehead atoms. The molecule has 1 rings (SSSR count). The number of nitrogens with one attached hydrogen (secondary N) is 1. The molecule has 0 amide bonds. The highest BCUT2D eigenvalue weighted by molar-refractivity contribution is 7.99. The zero-order chi connectivity index (χ0) is 13.4. The molecule has 0 aliphatic carbocycles. The SMILES string of the molecule is CCSCCC(C)NC(C)c1ccccc1OC. The number of para-hydroxylation sites is 1. The van der Waals surface area contributed by atoms with Crippen LogP contribution in [0.5, 0.6) is 5.75 Å². The van der Waals surface area contributed by atoms with Gasteiger partial charge >= 0.3 is 0 Å². The van der Waals surface area contributed by atoms with Gasteiger partial charge in [-0.15, -0.1) is 0 Å². The summed E-state index contributed by atoms with van der Waals surface area (Å²) >= 11 is 2.00. The molecule has 18 heavy (non-hydrogen) atoms. The largest absolute Gasteiger partial charge is 0.496 e. The van der Waals surface area contributed by atoms with Gasteiger partial charge in [0, 0.05) is 17.6 Å². The molecule has 2 unspecified atom stereocenters. The molecule has 0 fully saturated rings. The Hall–Kier alpha value is -0.670. The van der Waals surface area contributed by atoms with E-state index in [1.54, 1.807) is 7.11 Å². The molecule has 1 N–H and O–H groups in total. The third-order valence-corrected chi connectivity index (χ3v) is 3.97. The molecule has 2 atom stereocenters. The van der Waals surface area contributed by atoms with Crippen LogP contribution in [0.3, 0.4) is 0 Å². The van der Waals surface area contributed by atoms with Gasteiger partial charge in [0.25, 0.3) is 0 Å². The van der Waals surface area contributed by atoms with E-state index in [-0.39, 0.29) is 0 Å². The number of thioether (sulfide) groups is 1. The molecule has 102 valence electrons. The second-order valence-corrected chi connectivity index (χ2v) is 5.91. The molecule has 0 heterocycles. The van der Waals surface area contributed by atoms with Gasteiger partial charge in [-0.1, -0.05) is 25.1 Å². The fourth-order valence-corrected chi connectivity index (χ4v) is 2.84. The Kier molecular flexibility index (Phi) is 7.21. The molecule has 0 radical (unpaired) electrons. The molecular weight excluding hydrogens is 242 g/mol. The first kappa shape index (κ1) is 15.4. The Morgan fingerprint density at radius 3 is 2.67 bits per heavy atom. The van der Waals surface area contributed by atoms with E-state index in [1.165, 1.54) is 23.5 Å². The maximum atomic E-state index is 5.40. The second kappa shape index (κ2) is 8.44. The van der Waals surface area contributed by atoms with E-state index in [9.17, 15) is 0 Å². The standard InChI is InChI=1S/C15H25NOS/c1-5-18-11-10-12(2)16-13(3)14-8-6-7-9-15(14)17-4/h6-9,12-13,16H,5,10-11H2,1-4H3. The molecule has 0 aliphatic rings. The van der Waals surface area contributed by atoms with Gasteiger partial charge in [-0.3, -0.25) is 0 Å². The van der Waals surface area contributed by atoms with E-state index in [4.69, 9.17) is 4.74 Å². The summed E-state index contributed by atoms with van der Waals surface area (Å²) in [6.45, 7) is 6.66. The minimum Gasteiger partial charge on any atom is -0.496 e. The lowest BCUT2D eigenvalue weighted by molar-refractivity contribution is 0.394. The molecule has 0 aromatic heterocycles. The number of hydrogen-bond acceptors (Lipinski definition) is 3. The average molecular weight is 267 g/mol. The Bertz CT molecular complexity index is 343. The van der Waals surface area contributed by atoms with Crippen LogP contribution < -0.4 is 10.1 Å². The van der Waals surface area contributed by atoms with E-state index in [2.05, 4.69) is 38.2 Å². The van der Waals surface area contributed by atoms with Crippen molar-refractivity contribution in [1.82, 2.24) is 5.32 Å². The average Bonchev–Trinajstić information content (AvgIpc) is 2.39. The topological polar surface area (TPSA) is 21.3 Å². The molecule has 1 aromatic rings. The third kappa shape index (κ3) is 4.91. The van der Waals surface area contributed by atoms with Crippen molar-refractivity contribution in [1.29, 1.82) is 0 Å². The zero-order valence-electron chi connectivity index (χ0n) is 11.9. The minimum absolute atomic E-state index is 0.322.